The first-order chi connectivity index (χ1) is 7.58. The van der Waals surface area contributed by atoms with E-state index in [0.717, 1.165) is 0 Å². The van der Waals surface area contributed by atoms with Crippen molar-refractivity contribution in [2.24, 2.45) is 0 Å². The monoisotopic (exact) mass is 223 g/mol. The minimum absolute atomic E-state index is 0.225. The maximum absolute atomic E-state index is 13.0. The fourth-order valence-corrected chi connectivity index (χ4v) is 1.31. The third kappa shape index (κ3) is 2.94. The van der Waals surface area contributed by atoms with E-state index in [9.17, 15) is 9.50 Å². The third-order valence-electron chi connectivity index (χ3n) is 2.21. The van der Waals surface area contributed by atoms with Gasteiger partial charge < -0.3 is 9.84 Å². The van der Waals surface area contributed by atoms with Crippen molar-refractivity contribution < 1.29 is 14.2 Å². The van der Waals surface area contributed by atoms with Gasteiger partial charge in [-0.2, -0.15) is 5.26 Å². The zero-order valence-electron chi connectivity index (χ0n) is 9.27. The Balaban J connectivity index is 3.01. The summed E-state index contributed by atoms with van der Waals surface area (Å²) in [5.41, 5.74) is 0.482. The molecule has 0 saturated heterocycles. The number of rotatable bonds is 4. The highest BCUT2D eigenvalue weighted by atomic mass is 19.1. The molecule has 0 aliphatic heterocycles. The molecule has 1 unspecified atom stereocenters. The van der Waals surface area contributed by atoms with Gasteiger partial charge in [0.05, 0.1) is 6.10 Å². The van der Waals surface area contributed by atoms with Crippen molar-refractivity contribution in [1.82, 2.24) is 0 Å². The van der Waals surface area contributed by atoms with Gasteiger partial charge in [-0.05, 0) is 25.5 Å². The van der Waals surface area contributed by atoms with Crippen LogP contribution in [0.1, 0.15) is 31.9 Å². The van der Waals surface area contributed by atoms with E-state index in [1.54, 1.807) is 13.8 Å². The molecule has 3 nitrogen and oxygen atoms in total. The Morgan fingerprint density at radius 2 is 2.25 bits per heavy atom. The summed E-state index contributed by atoms with van der Waals surface area (Å²) in [5.74, 6) is -0.226. The summed E-state index contributed by atoms with van der Waals surface area (Å²) < 4.78 is 18.3. The van der Waals surface area contributed by atoms with Gasteiger partial charge in [0.25, 0.3) is 0 Å². The average molecular weight is 223 g/mol. The lowest BCUT2D eigenvalue weighted by atomic mass is 10.1. The molecule has 0 radical (unpaired) electrons. The maximum Gasteiger partial charge on any atom is 0.184 e. The summed E-state index contributed by atoms with van der Waals surface area (Å²) in [6.07, 6.45) is -0.877. The van der Waals surface area contributed by atoms with E-state index in [1.165, 1.54) is 18.2 Å². The lowest BCUT2D eigenvalue weighted by Crippen LogP contribution is -2.14. The van der Waals surface area contributed by atoms with Crippen molar-refractivity contribution in [3.8, 4) is 11.8 Å². The van der Waals surface area contributed by atoms with Crippen molar-refractivity contribution in [2.75, 3.05) is 0 Å². The molecule has 1 N–H and O–H groups in total. The largest absolute Gasteiger partial charge is 0.475 e. The number of hydrogen-bond donors (Lipinski definition) is 1. The molecule has 2 atom stereocenters. The summed E-state index contributed by atoms with van der Waals surface area (Å²) in [6.45, 7) is 3.36. The second kappa shape index (κ2) is 5.47. The average Bonchev–Trinajstić information content (AvgIpc) is 2.25. The number of nitrogens with zero attached hydrogens (tertiary/aromatic N) is 1. The summed E-state index contributed by atoms with van der Waals surface area (Å²) in [4.78, 5) is 0. The first-order valence-electron chi connectivity index (χ1n) is 5.12. The lowest BCUT2D eigenvalue weighted by Gasteiger charge is -2.15. The number of halogens is 1. The van der Waals surface area contributed by atoms with Crippen LogP contribution in [0, 0.1) is 17.1 Å². The van der Waals surface area contributed by atoms with Crippen molar-refractivity contribution >= 4 is 0 Å². The number of benzene rings is 1. The van der Waals surface area contributed by atoms with Gasteiger partial charge in [0.15, 0.2) is 6.10 Å². The molecular formula is C12H14FNO2. The quantitative estimate of drug-likeness (QED) is 0.853. The molecular weight excluding hydrogens is 209 g/mol. The van der Waals surface area contributed by atoms with Gasteiger partial charge >= 0.3 is 0 Å². The standard InChI is InChI=1S/C12H14FNO2/c1-3-10(7-14)16-12-6-9(13)4-5-11(12)8(2)15/h4-6,8,10,15H,3H2,1-2H3/t8-,10?/m0/s1. The highest BCUT2D eigenvalue weighted by Gasteiger charge is 2.14. The molecule has 0 fully saturated rings. The number of aliphatic hydroxyl groups excluding tert-OH is 1. The van der Waals surface area contributed by atoms with Crippen LogP contribution >= 0.6 is 0 Å². The van der Waals surface area contributed by atoms with Gasteiger partial charge in [-0.25, -0.2) is 4.39 Å². The van der Waals surface area contributed by atoms with E-state index < -0.39 is 18.0 Å². The van der Waals surface area contributed by atoms with Gasteiger partial charge in [0, 0.05) is 11.6 Å². The van der Waals surface area contributed by atoms with Crippen LogP contribution in [-0.2, 0) is 0 Å². The van der Waals surface area contributed by atoms with Crippen LogP contribution in [-0.4, -0.2) is 11.2 Å². The van der Waals surface area contributed by atoms with Crippen LogP contribution in [0.5, 0.6) is 5.75 Å². The summed E-state index contributed by atoms with van der Waals surface area (Å²) >= 11 is 0. The summed E-state index contributed by atoms with van der Waals surface area (Å²) in [5, 5.41) is 18.2. The van der Waals surface area contributed by atoms with Crippen LogP contribution in [0.25, 0.3) is 0 Å². The smallest absolute Gasteiger partial charge is 0.184 e. The van der Waals surface area contributed by atoms with Crippen molar-refractivity contribution in [3.63, 3.8) is 0 Å². The number of aliphatic hydroxyl groups is 1. The molecule has 0 aliphatic carbocycles. The Morgan fingerprint density at radius 1 is 1.56 bits per heavy atom. The molecule has 0 heterocycles. The molecule has 16 heavy (non-hydrogen) atoms. The highest BCUT2D eigenvalue weighted by molar-refractivity contribution is 5.36. The number of ether oxygens (including phenoxy) is 1. The predicted octanol–water partition coefficient (Wildman–Crippen LogP) is 2.56. The topological polar surface area (TPSA) is 53.2 Å². The molecule has 4 heteroatoms. The minimum atomic E-state index is -0.758. The van der Waals surface area contributed by atoms with Crippen LogP contribution in [0.15, 0.2) is 18.2 Å². The minimum Gasteiger partial charge on any atom is -0.475 e. The van der Waals surface area contributed by atoms with Crippen LogP contribution in [0.3, 0.4) is 0 Å². The van der Waals surface area contributed by atoms with Crippen LogP contribution in [0.2, 0.25) is 0 Å². The van der Waals surface area contributed by atoms with Crippen LogP contribution in [0.4, 0.5) is 4.39 Å². The Bertz CT molecular complexity index is 398. The van der Waals surface area contributed by atoms with Gasteiger partial charge in [0.2, 0.25) is 0 Å². The van der Waals surface area contributed by atoms with Gasteiger partial charge in [-0.1, -0.05) is 6.92 Å². The Labute approximate surface area is 94.1 Å². The molecule has 0 aromatic heterocycles. The van der Waals surface area contributed by atoms with E-state index in [4.69, 9.17) is 10.00 Å². The second-order valence-electron chi connectivity index (χ2n) is 3.50. The third-order valence-corrected chi connectivity index (χ3v) is 2.21. The predicted molar refractivity (Wildman–Crippen MR) is 57.4 cm³/mol. The second-order valence-corrected chi connectivity index (χ2v) is 3.50. The van der Waals surface area contributed by atoms with Crippen LogP contribution < -0.4 is 4.74 Å². The highest BCUT2D eigenvalue weighted by Crippen LogP contribution is 2.27. The van der Waals surface area contributed by atoms with E-state index in [2.05, 4.69) is 0 Å². The van der Waals surface area contributed by atoms with E-state index in [-0.39, 0.29) is 5.75 Å². The Hall–Kier alpha value is -1.60. The van der Waals surface area contributed by atoms with E-state index >= 15 is 0 Å². The number of hydrogen-bond acceptors (Lipinski definition) is 3. The zero-order chi connectivity index (χ0) is 12.1. The first kappa shape index (κ1) is 12.5. The SMILES string of the molecule is CCC(C#N)Oc1cc(F)ccc1[C@H](C)O. The zero-order valence-corrected chi connectivity index (χ0v) is 9.27. The normalized spacial score (nSPS) is 13.9. The van der Waals surface area contributed by atoms with Gasteiger partial charge in [0.1, 0.15) is 17.6 Å². The lowest BCUT2D eigenvalue weighted by molar-refractivity contribution is 0.184. The number of nitriles is 1. The van der Waals surface area contributed by atoms with Gasteiger partial charge in [-0.15, -0.1) is 0 Å². The van der Waals surface area contributed by atoms with Gasteiger partial charge in [-0.3, -0.25) is 0 Å². The first-order valence-corrected chi connectivity index (χ1v) is 5.12. The molecule has 1 aromatic carbocycles. The Kier molecular flexibility index (Phi) is 4.27. The molecule has 0 aliphatic rings. The maximum atomic E-state index is 13.0. The summed E-state index contributed by atoms with van der Waals surface area (Å²) in [7, 11) is 0. The van der Waals surface area contributed by atoms with Crippen molar-refractivity contribution in [3.05, 3.63) is 29.6 Å². The van der Waals surface area contributed by atoms with E-state index in [1.807, 2.05) is 6.07 Å². The molecule has 0 amide bonds. The molecule has 0 spiro atoms. The van der Waals surface area contributed by atoms with Crippen molar-refractivity contribution in [1.29, 1.82) is 5.26 Å². The fraction of sp³-hybridized carbons (Fsp3) is 0.417. The molecule has 0 bridgehead atoms. The Morgan fingerprint density at radius 3 is 2.75 bits per heavy atom. The van der Waals surface area contributed by atoms with Crippen molar-refractivity contribution in [2.45, 2.75) is 32.5 Å². The molecule has 86 valence electrons. The molecule has 1 rings (SSSR count). The summed E-state index contributed by atoms with van der Waals surface area (Å²) in [6, 6.07) is 5.85. The molecule has 0 saturated carbocycles. The molecule has 1 aromatic rings. The fourth-order valence-electron chi connectivity index (χ4n) is 1.31. The van der Waals surface area contributed by atoms with E-state index in [0.29, 0.717) is 12.0 Å².